The Labute approximate surface area is 97.1 Å². The highest BCUT2D eigenvalue weighted by molar-refractivity contribution is 5.18. The molecule has 0 aromatic heterocycles. The van der Waals surface area contributed by atoms with E-state index in [1.165, 1.54) is 5.56 Å². The Morgan fingerprint density at radius 3 is 2.44 bits per heavy atom. The summed E-state index contributed by atoms with van der Waals surface area (Å²) in [5.41, 5.74) is 0.154. The van der Waals surface area contributed by atoms with Crippen molar-refractivity contribution in [3.8, 4) is 0 Å². The van der Waals surface area contributed by atoms with E-state index in [1.807, 2.05) is 18.2 Å². The molecule has 0 spiro atoms. The van der Waals surface area contributed by atoms with E-state index in [9.17, 15) is 5.11 Å². The van der Waals surface area contributed by atoms with Crippen LogP contribution in [0.4, 0.5) is 0 Å². The van der Waals surface area contributed by atoms with Crippen molar-refractivity contribution in [2.75, 3.05) is 13.2 Å². The van der Waals surface area contributed by atoms with Crippen molar-refractivity contribution in [2.45, 2.75) is 31.9 Å². The minimum absolute atomic E-state index is 0.222. The van der Waals surface area contributed by atoms with Crippen molar-refractivity contribution in [3.63, 3.8) is 0 Å². The predicted molar refractivity (Wildman–Crippen MR) is 65.2 cm³/mol. The molecule has 0 fully saturated rings. The Hall–Kier alpha value is -0.900. The molecule has 1 aromatic rings. The maximum absolute atomic E-state index is 9.70. The van der Waals surface area contributed by atoms with Gasteiger partial charge in [0.1, 0.15) is 0 Å². The maximum Gasteiger partial charge on any atom is 0.0973 e. The highest BCUT2D eigenvalue weighted by Crippen LogP contribution is 2.16. The third kappa shape index (κ3) is 3.93. The summed E-state index contributed by atoms with van der Waals surface area (Å²) in [6.07, 6.45) is 0.950. The Balaban J connectivity index is 2.57. The van der Waals surface area contributed by atoms with Gasteiger partial charge in [-0.2, -0.15) is 0 Å². The lowest BCUT2D eigenvalue weighted by molar-refractivity contribution is 0.000594. The van der Waals surface area contributed by atoms with Gasteiger partial charge in [0.25, 0.3) is 0 Å². The Kier molecular flexibility index (Phi) is 4.93. The number of benzene rings is 1. The fourth-order valence-corrected chi connectivity index (χ4v) is 1.58. The second kappa shape index (κ2) is 5.99. The van der Waals surface area contributed by atoms with Gasteiger partial charge in [-0.25, -0.2) is 0 Å². The normalized spacial score (nSPS) is 16.8. The average Bonchev–Trinajstić information content (AvgIpc) is 2.31. The van der Waals surface area contributed by atoms with Crippen LogP contribution in [0.15, 0.2) is 30.3 Å². The molecule has 3 nitrogen and oxygen atoms in total. The summed E-state index contributed by atoms with van der Waals surface area (Å²) in [4.78, 5) is 0. The molecule has 2 unspecified atom stereocenters. The van der Waals surface area contributed by atoms with E-state index in [0.29, 0.717) is 6.54 Å². The van der Waals surface area contributed by atoms with Gasteiger partial charge in [0.05, 0.1) is 12.2 Å². The zero-order chi connectivity index (χ0) is 12.0. The lowest BCUT2D eigenvalue weighted by atomic mass is 10.0. The standard InChI is InChI=1S/C13H21NO2/c1-3-12(11-7-5-4-6-8-11)14-9-13(2,16)10-15/h4-8,12,14-16H,3,9-10H2,1-2H3. The summed E-state index contributed by atoms with van der Waals surface area (Å²) in [5, 5.41) is 21.9. The molecule has 1 rings (SSSR count). The van der Waals surface area contributed by atoms with E-state index in [2.05, 4.69) is 24.4 Å². The van der Waals surface area contributed by atoms with Gasteiger partial charge >= 0.3 is 0 Å². The molecule has 0 saturated heterocycles. The van der Waals surface area contributed by atoms with Gasteiger partial charge in [-0.3, -0.25) is 0 Å². The molecule has 0 radical (unpaired) electrons. The highest BCUT2D eigenvalue weighted by Gasteiger charge is 2.20. The van der Waals surface area contributed by atoms with Crippen molar-refractivity contribution >= 4 is 0 Å². The Bertz CT molecular complexity index is 298. The van der Waals surface area contributed by atoms with Crippen LogP contribution in [0.2, 0.25) is 0 Å². The maximum atomic E-state index is 9.70. The van der Waals surface area contributed by atoms with Crippen LogP contribution < -0.4 is 5.32 Å². The molecule has 2 atom stereocenters. The van der Waals surface area contributed by atoms with Crippen LogP contribution in [0, 0.1) is 0 Å². The second-order valence-corrected chi connectivity index (χ2v) is 4.41. The number of nitrogens with one attached hydrogen (secondary N) is 1. The van der Waals surface area contributed by atoms with Crippen LogP contribution in [0.3, 0.4) is 0 Å². The van der Waals surface area contributed by atoms with Crippen LogP contribution >= 0.6 is 0 Å². The number of hydrogen-bond acceptors (Lipinski definition) is 3. The summed E-state index contributed by atoms with van der Waals surface area (Å²) >= 11 is 0. The third-order valence-electron chi connectivity index (χ3n) is 2.68. The molecule has 0 amide bonds. The van der Waals surface area contributed by atoms with E-state index in [0.717, 1.165) is 6.42 Å². The third-order valence-corrected chi connectivity index (χ3v) is 2.68. The molecule has 1 aromatic carbocycles. The second-order valence-electron chi connectivity index (χ2n) is 4.41. The van der Waals surface area contributed by atoms with Gasteiger partial charge in [-0.1, -0.05) is 37.3 Å². The lowest BCUT2D eigenvalue weighted by Gasteiger charge is -2.25. The van der Waals surface area contributed by atoms with Crippen LogP contribution in [0.25, 0.3) is 0 Å². The first-order valence-electron chi connectivity index (χ1n) is 5.70. The molecule has 3 heteroatoms. The van der Waals surface area contributed by atoms with E-state index >= 15 is 0 Å². The van der Waals surface area contributed by atoms with E-state index in [1.54, 1.807) is 6.92 Å². The summed E-state index contributed by atoms with van der Waals surface area (Å²) in [7, 11) is 0. The minimum atomic E-state index is -1.05. The van der Waals surface area contributed by atoms with Gasteiger partial charge < -0.3 is 15.5 Å². The number of rotatable bonds is 6. The Morgan fingerprint density at radius 1 is 1.31 bits per heavy atom. The smallest absolute Gasteiger partial charge is 0.0973 e. The molecule has 3 N–H and O–H groups in total. The van der Waals surface area contributed by atoms with E-state index in [4.69, 9.17) is 5.11 Å². The van der Waals surface area contributed by atoms with Gasteiger partial charge in [-0.15, -0.1) is 0 Å². The fourth-order valence-electron chi connectivity index (χ4n) is 1.58. The molecule has 0 aliphatic heterocycles. The summed E-state index contributed by atoms with van der Waals surface area (Å²) < 4.78 is 0. The minimum Gasteiger partial charge on any atom is -0.393 e. The van der Waals surface area contributed by atoms with E-state index in [-0.39, 0.29) is 12.6 Å². The highest BCUT2D eigenvalue weighted by atomic mass is 16.3. The molecule has 16 heavy (non-hydrogen) atoms. The SMILES string of the molecule is CCC(NCC(C)(O)CO)c1ccccc1. The monoisotopic (exact) mass is 223 g/mol. The van der Waals surface area contributed by atoms with Crippen molar-refractivity contribution in [1.29, 1.82) is 0 Å². The van der Waals surface area contributed by atoms with Crippen LogP contribution in [0.1, 0.15) is 31.9 Å². The van der Waals surface area contributed by atoms with Crippen LogP contribution in [0.5, 0.6) is 0 Å². The molecule has 0 aliphatic rings. The van der Waals surface area contributed by atoms with Crippen molar-refractivity contribution < 1.29 is 10.2 Å². The molecule has 0 heterocycles. The van der Waals surface area contributed by atoms with Gasteiger partial charge in [0.2, 0.25) is 0 Å². The van der Waals surface area contributed by atoms with Gasteiger partial charge in [0.15, 0.2) is 0 Å². The molecular weight excluding hydrogens is 202 g/mol. The van der Waals surface area contributed by atoms with Crippen molar-refractivity contribution in [3.05, 3.63) is 35.9 Å². The molecular formula is C13H21NO2. The van der Waals surface area contributed by atoms with Crippen molar-refractivity contribution in [1.82, 2.24) is 5.32 Å². The molecule has 0 bridgehead atoms. The van der Waals surface area contributed by atoms with Crippen LogP contribution in [-0.2, 0) is 0 Å². The Morgan fingerprint density at radius 2 is 1.94 bits per heavy atom. The first kappa shape index (κ1) is 13.2. The van der Waals surface area contributed by atoms with Gasteiger partial charge in [0, 0.05) is 12.6 Å². The predicted octanol–water partition coefficient (Wildman–Crippen LogP) is 1.47. The summed E-state index contributed by atoms with van der Waals surface area (Å²) in [6, 6.07) is 10.3. The van der Waals surface area contributed by atoms with E-state index < -0.39 is 5.60 Å². The summed E-state index contributed by atoms with van der Waals surface area (Å²) in [5.74, 6) is 0. The zero-order valence-electron chi connectivity index (χ0n) is 9.98. The largest absolute Gasteiger partial charge is 0.393 e. The van der Waals surface area contributed by atoms with Gasteiger partial charge in [-0.05, 0) is 18.9 Å². The zero-order valence-corrected chi connectivity index (χ0v) is 9.98. The average molecular weight is 223 g/mol. The first-order chi connectivity index (χ1) is 7.59. The molecule has 0 saturated carbocycles. The first-order valence-corrected chi connectivity index (χ1v) is 5.70. The number of aliphatic hydroxyl groups excluding tert-OH is 1. The molecule has 90 valence electrons. The number of aliphatic hydroxyl groups is 2. The summed E-state index contributed by atoms with van der Waals surface area (Å²) in [6.45, 7) is 3.87. The quantitative estimate of drug-likeness (QED) is 0.684. The van der Waals surface area contributed by atoms with Crippen molar-refractivity contribution in [2.24, 2.45) is 0 Å². The number of hydrogen-bond donors (Lipinski definition) is 3. The van der Waals surface area contributed by atoms with Crippen LogP contribution in [-0.4, -0.2) is 29.0 Å². The topological polar surface area (TPSA) is 52.5 Å². The fraction of sp³-hybridized carbons (Fsp3) is 0.538. The molecule has 0 aliphatic carbocycles. The lowest BCUT2D eigenvalue weighted by Crippen LogP contribution is -2.42.